The van der Waals surface area contributed by atoms with Crippen LogP contribution in [0.5, 0.6) is 0 Å². The molecule has 2 N–H and O–H groups in total. The summed E-state index contributed by atoms with van der Waals surface area (Å²) >= 11 is 0. The summed E-state index contributed by atoms with van der Waals surface area (Å²) in [5, 5.41) is 13.9. The minimum absolute atomic E-state index is 0.204. The molecule has 0 bridgehead atoms. The third kappa shape index (κ3) is 2.24. The first-order chi connectivity index (χ1) is 9.65. The highest BCUT2D eigenvalue weighted by Gasteiger charge is 2.20. The van der Waals surface area contributed by atoms with E-state index in [9.17, 15) is 4.79 Å². The summed E-state index contributed by atoms with van der Waals surface area (Å²) in [5.74, 6) is 1.26. The largest absolute Gasteiger partial charge is 0.356 e. The van der Waals surface area contributed by atoms with Crippen molar-refractivity contribution in [1.82, 2.24) is 29.6 Å². The van der Waals surface area contributed by atoms with Crippen LogP contribution in [0.4, 0.5) is 5.95 Å². The van der Waals surface area contributed by atoms with Crippen molar-refractivity contribution in [2.75, 3.05) is 11.9 Å². The van der Waals surface area contributed by atoms with Crippen molar-refractivity contribution < 1.29 is 4.79 Å². The Labute approximate surface area is 116 Å². The summed E-state index contributed by atoms with van der Waals surface area (Å²) in [7, 11) is 1.84. The maximum atomic E-state index is 12.2. The van der Waals surface area contributed by atoms with Crippen LogP contribution in [-0.2, 0) is 13.6 Å². The fourth-order valence-electron chi connectivity index (χ4n) is 2.31. The molecule has 0 aromatic carbocycles. The Hall–Kier alpha value is -2.38. The quantitative estimate of drug-likeness (QED) is 0.842. The van der Waals surface area contributed by atoms with Gasteiger partial charge in [0.1, 0.15) is 12.0 Å². The fourth-order valence-corrected chi connectivity index (χ4v) is 2.31. The van der Waals surface area contributed by atoms with Crippen LogP contribution in [0.1, 0.15) is 35.7 Å². The summed E-state index contributed by atoms with van der Waals surface area (Å²) in [5.41, 5.74) is 0.420. The van der Waals surface area contributed by atoms with Crippen molar-refractivity contribution >= 4 is 11.9 Å². The van der Waals surface area contributed by atoms with E-state index in [1.54, 1.807) is 17.1 Å². The molecule has 0 saturated heterocycles. The molecule has 1 aliphatic heterocycles. The lowest BCUT2D eigenvalue weighted by Crippen LogP contribution is -2.28. The average Bonchev–Trinajstić information content (AvgIpc) is 3.04. The van der Waals surface area contributed by atoms with Crippen molar-refractivity contribution in [3.05, 3.63) is 24.0 Å². The van der Waals surface area contributed by atoms with Gasteiger partial charge in [-0.3, -0.25) is 4.79 Å². The van der Waals surface area contributed by atoms with Crippen molar-refractivity contribution in [3.63, 3.8) is 0 Å². The maximum absolute atomic E-state index is 12.2. The highest BCUT2D eigenvalue weighted by atomic mass is 16.2. The second-order valence-corrected chi connectivity index (χ2v) is 4.92. The first-order valence-electron chi connectivity index (χ1n) is 6.61. The molecule has 2 aromatic rings. The molecular weight excluding hydrogens is 258 g/mol. The second kappa shape index (κ2) is 4.95. The van der Waals surface area contributed by atoms with Crippen LogP contribution in [0.15, 0.2) is 12.5 Å². The van der Waals surface area contributed by atoms with Crippen LogP contribution in [0.25, 0.3) is 0 Å². The fraction of sp³-hybridized carbons (Fsp3) is 0.500. The molecule has 8 nitrogen and oxygen atoms in total. The van der Waals surface area contributed by atoms with Gasteiger partial charge in [-0.2, -0.15) is 0 Å². The summed E-state index contributed by atoms with van der Waals surface area (Å²) in [6, 6.07) is -0.221. The van der Waals surface area contributed by atoms with E-state index in [0.29, 0.717) is 11.5 Å². The van der Waals surface area contributed by atoms with Gasteiger partial charge in [0.25, 0.3) is 5.91 Å². The normalized spacial score (nSPS) is 15.3. The number of nitrogens with zero attached hydrogens (tertiary/aromatic N) is 5. The Morgan fingerprint density at radius 3 is 3.10 bits per heavy atom. The molecule has 106 valence electrons. The van der Waals surface area contributed by atoms with Crippen LogP contribution in [-0.4, -0.2) is 36.8 Å². The lowest BCUT2D eigenvalue weighted by molar-refractivity contribution is 0.0933. The molecule has 3 rings (SSSR count). The van der Waals surface area contributed by atoms with Gasteiger partial charge >= 0.3 is 0 Å². The molecular formula is C12H17N7O. The van der Waals surface area contributed by atoms with Gasteiger partial charge in [0.2, 0.25) is 5.95 Å². The Kier molecular flexibility index (Phi) is 3.13. The predicted molar refractivity (Wildman–Crippen MR) is 72.2 cm³/mol. The molecule has 0 spiro atoms. The maximum Gasteiger partial charge on any atom is 0.272 e. The predicted octanol–water partition coefficient (Wildman–Crippen LogP) is 0.318. The summed E-state index contributed by atoms with van der Waals surface area (Å²) in [6.45, 7) is 3.66. The molecule has 0 saturated carbocycles. The third-order valence-electron chi connectivity index (χ3n) is 3.35. The number of carbonyl (C=O) groups excluding carboxylic acids is 1. The number of hydrogen-bond donors (Lipinski definition) is 2. The number of hydrogen-bond acceptors (Lipinski definition) is 5. The van der Waals surface area contributed by atoms with Crippen molar-refractivity contribution in [2.45, 2.75) is 25.9 Å². The Balaban J connectivity index is 1.73. The van der Waals surface area contributed by atoms with Gasteiger partial charge in [-0.05, 0) is 13.3 Å². The summed E-state index contributed by atoms with van der Waals surface area (Å²) < 4.78 is 3.75. The standard InChI is InChI=1S/C12H17N7O/c1-8(10-17-14-7-18(10)2)15-11(20)9-6-19-5-3-4-13-12(19)16-9/h6-8H,3-5H2,1-2H3,(H,13,16)(H,15,20). The monoisotopic (exact) mass is 275 g/mol. The number of anilines is 1. The third-order valence-corrected chi connectivity index (χ3v) is 3.35. The minimum atomic E-state index is -0.221. The van der Waals surface area contributed by atoms with Crippen molar-refractivity contribution in [2.24, 2.45) is 7.05 Å². The van der Waals surface area contributed by atoms with E-state index in [2.05, 4.69) is 25.8 Å². The number of nitrogens with one attached hydrogen (secondary N) is 2. The minimum Gasteiger partial charge on any atom is -0.356 e. The highest BCUT2D eigenvalue weighted by molar-refractivity contribution is 5.92. The number of carbonyl (C=O) groups is 1. The number of imidazole rings is 1. The summed E-state index contributed by atoms with van der Waals surface area (Å²) in [4.78, 5) is 16.5. The van der Waals surface area contributed by atoms with Crippen LogP contribution in [0.3, 0.4) is 0 Å². The van der Waals surface area contributed by atoms with Gasteiger partial charge in [-0.1, -0.05) is 0 Å². The van der Waals surface area contributed by atoms with Gasteiger partial charge in [0.05, 0.1) is 6.04 Å². The molecule has 0 aliphatic carbocycles. The zero-order chi connectivity index (χ0) is 14.1. The molecule has 0 radical (unpaired) electrons. The number of aryl methyl sites for hydroxylation is 2. The van der Waals surface area contributed by atoms with E-state index in [0.717, 1.165) is 25.5 Å². The second-order valence-electron chi connectivity index (χ2n) is 4.92. The number of aromatic nitrogens is 5. The van der Waals surface area contributed by atoms with Gasteiger partial charge < -0.3 is 19.8 Å². The number of rotatable bonds is 3. The Morgan fingerprint density at radius 2 is 2.40 bits per heavy atom. The zero-order valence-corrected chi connectivity index (χ0v) is 11.5. The highest BCUT2D eigenvalue weighted by Crippen LogP contribution is 2.15. The first kappa shape index (κ1) is 12.6. The summed E-state index contributed by atoms with van der Waals surface area (Å²) in [6.07, 6.45) is 4.43. The van der Waals surface area contributed by atoms with E-state index < -0.39 is 0 Å². The van der Waals surface area contributed by atoms with Gasteiger partial charge in [0, 0.05) is 26.3 Å². The molecule has 1 atom stereocenters. The van der Waals surface area contributed by atoms with Gasteiger partial charge in [-0.25, -0.2) is 4.98 Å². The van der Waals surface area contributed by atoms with Crippen molar-refractivity contribution in [1.29, 1.82) is 0 Å². The van der Waals surface area contributed by atoms with Crippen molar-refractivity contribution in [3.8, 4) is 0 Å². The Bertz CT molecular complexity index is 606. The molecule has 0 fully saturated rings. The first-order valence-corrected chi connectivity index (χ1v) is 6.61. The lowest BCUT2D eigenvalue weighted by Gasteiger charge is -2.14. The van der Waals surface area contributed by atoms with Gasteiger partial charge in [-0.15, -0.1) is 10.2 Å². The SMILES string of the molecule is CC(NC(=O)c1cn2c(n1)NCCC2)c1nncn1C. The van der Waals surface area contributed by atoms with Crippen LogP contribution in [0.2, 0.25) is 0 Å². The number of fused-ring (bicyclic) bond motifs is 1. The van der Waals surface area contributed by atoms with E-state index in [1.165, 1.54) is 0 Å². The van der Waals surface area contributed by atoms with E-state index in [4.69, 9.17) is 0 Å². The molecule has 20 heavy (non-hydrogen) atoms. The van der Waals surface area contributed by atoms with E-state index >= 15 is 0 Å². The van der Waals surface area contributed by atoms with Crippen LogP contribution < -0.4 is 10.6 Å². The molecule has 3 heterocycles. The molecule has 2 aromatic heterocycles. The molecule has 1 aliphatic rings. The lowest BCUT2D eigenvalue weighted by atomic mass is 10.3. The van der Waals surface area contributed by atoms with Gasteiger partial charge in [0.15, 0.2) is 5.82 Å². The van der Waals surface area contributed by atoms with E-state index in [-0.39, 0.29) is 11.9 Å². The molecule has 1 unspecified atom stereocenters. The smallest absolute Gasteiger partial charge is 0.272 e. The topological polar surface area (TPSA) is 89.7 Å². The Morgan fingerprint density at radius 1 is 1.55 bits per heavy atom. The van der Waals surface area contributed by atoms with Crippen LogP contribution >= 0.6 is 0 Å². The van der Waals surface area contributed by atoms with E-state index in [1.807, 2.05) is 18.5 Å². The average molecular weight is 275 g/mol. The number of amides is 1. The molecule has 8 heteroatoms. The van der Waals surface area contributed by atoms with Crippen LogP contribution in [0, 0.1) is 0 Å². The molecule has 1 amide bonds. The zero-order valence-electron chi connectivity index (χ0n) is 11.5.